The van der Waals surface area contributed by atoms with Crippen molar-refractivity contribution in [3.05, 3.63) is 0 Å². The van der Waals surface area contributed by atoms with Gasteiger partial charge in [0.2, 0.25) is 0 Å². The highest BCUT2D eigenvalue weighted by Crippen LogP contribution is 2.33. The molecule has 1 amide bonds. The van der Waals surface area contributed by atoms with Crippen LogP contribution < -0.4 is 5.32 Å². The number of likely N-dealkylation sites (N-methyl/N-ethyl adjacent to an activating group) is 1. The molecule has 0 saturated heterocycles. The number of carbonyl (C=O) groups is 1. The molecule has 2 rings (SSSR count). The summed E-state index contributed by atoms with van der Waals surface area (Å²) < 4.78 is 0. The zero-order valence-electron chi connectivity index (χ0n) is 13.2. The highest BCUT2D eigenvalue weighted by atomic mass is 16.3. The van der Waals surface area contributed by atoms with Gasteiger partial charge in [0.05, 0.1) is 6.61 Å². The summed E-state index contributed by atoms with van der Waals surface area (Å²) in [6.45, 7) is 1.33. The van der Waals surface area contributed by atoms with Crippen LogP contribution in [0.3, 0.4) is 0 Å². The van der Waals surface area contributed by atoms with Crippen molar-refractivity contribution in [2.75, 3.05) is 26.7 Å². The fourth-order valence-corrected chi connectivity index (χ4v) is 3.89. The summed E-state index contributed by atoms with van der Waals surface area (Å²) in [6.07, 6.45) is 8.68. The van der Waals surface area contributed by atoms with E-state index in [9.17, 15) is 15.0 Å². The smallest absolute Gasteiger partial charge is 0.252 e. The van der Waals surface area contributed by atoms with Gasteiger partial charge in [0.15, 0.2) is 0 Å². The molecule has 0 aromatic rings. The first-order valence-electron chi connectivity index (χ1n) is 8.35. The Hall–Kier alpha value is -0.650. The predicted molar refractivity (Wildman–Crippen MR) is 82.0 cm³/mol. The Labute approximate surface area is 127 Å². The van der Waals surface area contributed by atoms with Crippen molar-refractivity contribution < 1.29 is 15.0 Å². The van der Waals surface area contributed by atoms with Crippen molar-refractivity contribution in [2.45, 2.75) is 68.9 Å². The molecule has 5 heteroatoms. The van der Waals surface area contributed by atoms with Crippen molar-refractivity contribution in [1.82, 2.24) is 10.2 Å². The van der Waals surface area contributed by atoms with Gasteiger partial charge in [-0.05, 0) is 45.6 Å². The minimum atomic E-state index is -1.15. The molecule has 0 unspecified atom stereocenters. The van der Waals surface area contributed by atoms with Crippen LogP contribution in [0.2, 0.25) is 0 Å². The lowest BCUT2D eigenvalue weighted by atomic mass is 9.80. The summed E-state index contributed by atoms with van der Waals surface area (Å²) >= 11 is 0. The molecule has 0 aliphatic heterocycles. The van der Waals surface area contributed by atoms with Crippen molar-refractivity contribution in [2.24, 2.45) is 0 Å². The molecule has 2 saturated carbocycles. The maximum atomic E-state index is 12.3. The number of aliphatic hydroxyl groups is 2. The van der Waals surface area contributed by atoms with E-state index in [0.717, 1.165) is 38.5 Å². The minimum absolute atomic E-state index is 0.0639. The molecule has 0 heterocycles. The summed E-state index contributed by atoms with van der Waals surface area (Å²) in [5, 5.41) is 22.6. The minimum Gasteiger partial charge on any atom is -0.395 e. The fourth-order valence-electron chi connectivity index (χ4n) is 3.89. The van der Waals surface area contributed by atoms with Crippen molar-refractivity contribution in [1.29, 1.82) is 0 Å². The summed E-state index contributed by atoms with van der Waals surface area (Å²) in [4.78, 5) is 14.5. The average molecular weight is 298 g/mol. The number of nitrogens with zero attached hydrogens (tertiary/aromatic N) is 1. The third-order valence-electron chi connectivity index (χ3n) is 5.46. The third kappa shape index (κ3) is 3.76. The average Bonchev–Trinajstić information content (AvgIpc) is 2.94. The van der Waals surface area contributed by atoms with Gasteiger partial charge in [-0.15, -0.1) is 0 Å². The van der Waals surface area contributed by atoms with Gasteiger partial charge in [-0.3, -0.25) is 9.69 Å². The Morgan fingerprint density at radius 2 is 1.67 bits per heavy atom. The fraction of sp³-hybridized carbons (Fsp3) is 0.938. The number of rotatable bonds is 6. The summed E-state index contributed by atoms with van der Waals surface area (Å²) in [5.74, 6) is -0.206. The van der Waals surface area contributed by atoms with Crippen LogP contribution in [-0.4, -0.2) is 58.9 Å². The maximum Gasteiger partial charge on any atom is 0.252 e. The van der Waals surface area contributed by atoms with Crippen molar-refractivity contribution >= 4 is 5.91 Å². The lowest BCUT2D eigenvalue weighted by Crippen LogP contribution is -2.58. The Balaban J connectivity index is 1.97. The van der Waals surface area contributed by atoms with Crippen LogP contribution in [0, 0.1) is 0 Å². The maximum absolute atomic E-state index is 12.3. The van der Waals surface area contributed by atoms with E-state index in [-0.39, 0.29) is 18.1 Å². The SMILES string of the molecule is CN(CCO)C1(CNC(=O)C2(O)CCCC2)CCCCC1. The van der Waals surface area contributed by atoms with E-state index >= 15 is 0 Å². The van der Waals surface area contributed by atoms with E-state index in [1.165, 1.54) is 6.42 Å². The third-order valence-corrected chi connectivity index (χ3v) is 5.46. The lowest BCUT2D eigenvalue weighted by Gasteiger charge is -2.45. The largest absolute Gasteiger partial charge is 0.395 e. The second-order valence-corrected chi connectivity index (χ2v) is 6.85. The standard InChI is InChI=1S/C16H30N2O3/c1-18(11-12-19)15(7-3-2-4-8-15)13-17-14(20)16(21)9-5-6-10-16/h19,21H,2-13H2,1H3,(H,17,20). The molecule has 3 N–H and O–H groups in total. The molecule has 0 bridgehead atoms. The second-order valence-electron chi connectivity index (χ2n) is 6.85. The first kappa shape index (κ1) is 16.7. The number of hydrogen-bond donors (Lipinski definition) is 3. The van der Waals surface area contributed by atoms with Crippen LogP contribution in [0.15, 0.2) is 0 Å². The van der Waals surface area contributed by atoms with Gasteiger partial charge in [-0.25, -0.2) is 0 Å². The predicted octanol–water partition coefficient (Wildman–Crippen LogP) is 1.03. The van der Waals surface area contributed by atoms with Crippen molar-refractivity contribution in [3.63, 3.8) is 0 Å². The van der Waals surface area contributed by atoms with Gasteiger partial charge in [0, 0.05) is 18.6 Å². The van der Waals surface area contributed by atoms with Gasteiger partial charge in [0.25, 0.3) is 5.91 Å². The highest BCUT2D eigenvalue weighted by Gasteiger charge is 2.41. The summed E-state index contributed by atoms with van der Waals surface area (Å²) in [7, 11) is 2.03. The van der Waals surface area contributed by atoms with E-state index in [2.05, 4.69) is 10.2 Å². The number of carbonyl (C=O) groups excluding carboxylic acids is 1. The van der Waals surface area contributed by atoms with Crippen LogP contribution in [0.25, 0.3) is 0 Å². The molecule has 0 atom stereocenters. The van der Waals surface area contributed by atoms with E-state index in [0.29, 0.717) is 25.9 Å². The number of hydrogen-bond acceptors (Lipinski definition) is 4. The summed E-state index contributed by atoms with van der Waals surface area (Å²) in [6, 6.07) is 0. The van der Waals surface area contributed by atoms with Crippen LogP contribution in [-0.2, 0) is 4.79 Å². The van der Waals surface area contributed by atoms with Crippen LogP contribution in [0.5, 0.6) is 0 Å². The Morgan fingerprint density at radius 1 is 1.10 bits per heavy atom. The van der Waals surface area contributed by atoms with E-state index in [4.69, 9.17) is 0 Å². The Morgan fingerprint density at radius 3 is 2.24 bits per heavy atom. The van der Waals surface area contributed by atoms with Gasteiger partial charge >= 0.3 is 0 Å². The Bertz CT molecular complexity index is 347. The summed E-state index contributed by atoms with van der Waals surface area (Å²) in [5.41, 5.74) is -1.21. The monoisotopic (exact) mass is 298 g/mol. The molecule has 2 aliphatic carbocycles. The topological polar surface area (TPSA) is 72.8 Å². The number of nitrogens with one attached hydrogen (secondary N) is 1. The quantitative estimate of drug-likeness (QED) is 0.685. The van der Waals surface area contributed by atoms with Gasteiger partial charge < -0.3 is 15.5 Å². The van der Waals surface area contributed by atoms with Crippen LogP contribution in [0.4, 0.5) is 0 Å². The molecule has 122 valence electrons. The van der Waals surface area contributed by atoms with Crippen LogP contribution in [0.1, 0.15) is 57.8 Å². The van der Waals surface area contributed by atoms with Crippen LogP contribution >= 0.6 is 0 Å². The number of aliphatic hydroxyl groups excluding tert-OH is 1. The molecule has 0 aromatic carbocycles. The molecule has 21 heavy (non-hydrogen) atoms. The molecule has 2 fully saturated rings. The first-order chi connectivity index (χ1) is 10.0. The molecule has 0 spiro atoms. The van der Waals surface area contributed by atoms with E-state index < -0.39 is 5.60 Å². The lowest BCUT2D eigenvalue weighted by molar-refractivity contribution is -0.140. The molecule has 0 aromatic heterocycles. The highest BCUT2D eigenvalue weighted by molar-refractivity contribution is 5.85. The normalized spacial score (nSPS) is 24.2. The Kier molecular flexibility index (Phi) is 5.63. The molecule has 5 nitrogen and oxygen atoms in total. The first-order valence-corrected chi connectivity index (χ1v) is 8.35. The van der Waals surface area contributed by atoms with Gasteiger partial charge in [-0.1, -0.05) is 19.3 Å². The number of amides is 1. The zero-order chi connectivity index (χ0) is 15.3. The number of β-amino-alcohol motifs (C(OH)–C–C–N with tert-alkyl or cyclic N) is 1. The van der Waals surface area contributed by atoms with Gasteiger partial charge in [0.1, 0.15) is 5.60 Å². The zero-order valence-corrected chi connectivity index (χ0v) is 13.2. The van der Waals surface area contributed by atoms with E-state index in [1.54, 1.807) is 0 Å². The molecular formula is C16H30N2O3. The second kappa shape index (κ2) is 7.07. The molecule has 0 radical (unpaired) electrons. The van der Waals surface area contributed by atoms with E-state index in [1.807, 2.05) is 7.05 Å². The molecular weight excluding hydrogens is 268 g/mol. The van der Waals surface area contributed by atoms with Gasteiger partial charge in [-0.2, -0.15) is 0 Å². The van der Waals surface area contributed by atoms with Crippen molar-refractivity contribution in [3.8, 4) is 0 Å². The molecule has 2 aliphatic rings.